The zero-order valence-electron chi connectivity index (χ0n) is 8.34. The molecule has 0 spiro atoms. The van der Waals surface area contributed by atoms with Crippen LogP contribution < -0.4 is 15.4 Å². The van der Waals surface area contributed by atoms with Crippen LogP contribution in [0.15, 0.2) is 18.2 Å². The van der Waals surface area contributed by atoms with Gasteiger partial charge in [0, 0.05) is 5.69 Å². The second-order valence-electron chi connectivity index (χ2n) is 3.30. The predicted molar refractivity (Wildman–Crippen MR) is 62.7 cm³/mol. The maximum absolute atomic E-state index is 11.6. The Bertz CT molecular complexity index is 461. The van der Waals surface area contributed by atoms with E-state index in [1.54, 1.807) is 12.1 Å². The summed E-state index contributed by atoms with van der Waals surface area (Å²) in [7, 11) is 0. The number of thiol groups is 1. The third-order valence-electron chi connectivity index (χ3n) is 2.21. The Morgan fingerprint density at radius 3 is 3.00 bits per heavy atom. The lowest BCUT2D eigenvalue weighted by molar-refractivity contribution is -0.127. The van der Waals surface area contributed by atoms with E-state index in [9.17, 15) is 9.59 Å². The van der Waals surface area contributed by atoms with E-state index in [0.717, 1.165) is 4.90 Å². The molecular weight excluding hydrogens is 228 g/mol. The molecule has 0 saturated carbocycles. The van der Waals surface area contributed by atoms with Gasteiger partial charge in [-0.25, -0.2) is 4.90 Å². The van der Waals surface area contributed by atoms with E-state index in [1.807, 2.05) is 0 Å². The number of fused-ring (bicyclic) bond motifs is 1. The van der Waals surface area contributed by atoms with Gasteiger partial charge in [0.25, 0.3) is 5.91 Å². The Balaban J connectivity index is 2.50. The van der Waals surface area contributed by atoms with Crippen molar-refractivity contribution < 1.29 is 14.3 Å². The van der Waals surface area contributed by atoms with E-state index in [-0.39, 0.29) is 18.3 Å². The molecule has 2 rings (SSSR count). The molecule has 0 bridgehead atoms. The van der Waals surface area contributed by atoms with E-state index in [1.165, 1.54) is 6.07 Å². The Kier molecular flexibility index (Phi) is 2.74. The van der Waals surface area contributed by atoms with Gasteiger partial charge in [0.05, 0.1) is 11.4 Å². The largest absolute Gasteiger partial charge is 0.482 e. The molecule has 1 aliphatic rings. The number of nitrogens with two attached hydrogens (primary N) is 1. The standard InChI is InChI=1S/C10H10N2O3S/c11-6-1-2-8-7(3-6)12(10(14)5-16)9(13)4-15-8/h1-3,16H,4-5,11H2. The molecule has 1 heterocycles. The lowest BCUT2D eigenvalue weighted by atomic mass is 10.2. The van der Waals surface area contributed by atoms with Gasteiger partial charge in [0.15, 0.2) is 6.61 Å². The van der Waals surface area contributed by atoms with Crippen molar-refractivity contribution in [3.05, 3.63) is 18.2 Å². The molecule has 84 valence electrons. The van der Waals surface area contributed by atoms with E-state index < -0.39 is 5.91 Å². The molecule has 1 aliphatic heterocycles. The van der Waals surface area contributed by atoms with Crippen molar-refractivity contribution in [1.29, 1.82) is 0 Å². The molecule has 0 unspecified atom stereocenters. The van der Waals surface area contributed by atoms with Crippen LogP contribution in [-0.2, 0) is 9.59 Å². The van der Waals surface area contributed by atoms with E-state index >= 15 is 0 Å². The Morgan fingerprint density at radius 1 is 1.56 bits per heavy atom. The van der Waals surface area contributed by atoms with E-state index in [0.29, 0.717) is 17.1 Å². The fourth-order valence-electron chi connectivity index (χ4n) is 1.51. The Labute approximate surface area is 97.6 Å². The number of anilines is 2. The maximum atomic E-state index is 11.6. The topological polar surface area (TPSA) is 72.6 Å². The summed E-state index contributed by atoms with van der Waals surface area (Å²) >= 11 is 3.87. The number of imide groups is 1. The van der Waals surface area contributed by atoms with Crippen molar-refractivity contribution in [1.82, 2.24) is 0 Å². The van der Waals surface area contributed by atoms with Crippen molar-refractivity contribution in [2.45, 2.75) is 0 Å². The van der Waals surface area contributed by atoms with Crippen LogP contribution in [0, 0.1) is 0 Å². The van der Waals surface area contributed by atoms with Gasteiger partial charge >= 0.3 is 0 Å². The lowest BCUT2D eigenvalue weighted by Gasteiger charge is -2.27. The summed E-state index contributed by atoms with van der Waals surface area (Å²) in [6.45, 7) is -0.142. The van der Waals surface area contributed by atoms with Crippen LogP contribution in [0.2, 0.25) is 0 Å². The number of carbonyl (C=O) groups is 2. The van der Waals surface area contributed by atoms with Crippen molar-refractivity contribution >= 4 is 35.8 Å². The monoisotopic (exact) mass is 238 g/mol. The molecule has 0 saturated heterocycles. The number of nitrogen functional groups attached to an aromatic ring is 1. The van der Waals surface area contributed by atoms with Crippen LogP contribution in [0.4, 0.5) is 11.4 Å². The molecular formula is C10H10N2O3S. The number of benzene rings is 1. The molecule has 2 N–H and O–H groups in total. The summed E-state index contributed by atoms with van der Waals surface area (Å²) in [5.74, 6) is -0.357. The number of hydrogen-bond donors (Lipinski definition) is 2. The number of nitrogens with zero attached hydrogens (tertiary/aromatic N) is 1. The number of amides is 2. The second-order valence-corrected chi connectivity index (χ2v) is 3.61. The third-order valence-corrected chi connectivity index (χ3v) is 2.48. The zero-order chi connectivity index (χ0) is 11.7. The van der Waals surface area contributed by atoms with Gasteiger partial charge in [0.2, 0.25) is 5.91 Å². The first-order valence-electron chi connectivity index (χ1n) is 4.62. The first-order valence-corrected chi connectivity index (χ1v) is 5.25. The van der Waals surface area contributed by atoms with Gasteiger partial charge in [0.1, 0.15) is 5.75 Å². The molecule has 6 heteroatoms. The second kappa shape index (κ2) is 4.05. The van der Waals surface area contributed by atoms with E-state index in [4.69, 9.17) is 10.5 Å². The molecule has 0 fully saturated rings. The van der Waals surface area contributed by atoms with Crippen LogP contribution in [-0.4, -0.2) is 24.2 Å². The van der Waals surface area contributed by atoms with Crippen LogP contribution in [0.5, 0.6) is 5.75 Å². The summed E-state index contributed by atoms with van der Waals surface area (Å²) in [6.07, 6.45) is 0. The van der Waals surface area contributed by atoms with Gasteiger partial charge in [-0.2, -0.15) is 12.6 Å². The lowest BCUT2D eigenvalue weighted by Crippen LogP contribution is -2.43. The molecule has 0 radical (unpaired) electrons. The van der Waals surface area contributed by atoms with Crippen molar-refractivity contribution in [3.8, 4) is 5.75 Å². The summed E-state index contributed by atoms with van der Waals surface area (Å²) in [5, 5.41) is 0. The average Bonchev–Trinajstić information content (AvgIpc) is 2.28. The minimum atomic E-state index is -0.405. The van der Waals surface area contributed by atoms with Crippen LogP contribution in [0.25, 0.3) is 0 Å². The zero-order valence-corrected chi connectivity index (χ0v) is 9.24. The van der Waals surface area contributed by atoms with Crippen LogP contribution in [0.3, 0.4) is 0 Å². The van der Waals surface area contributed by atoms with Crippen LogP contribution >= 0.6 is 12.6 Å². The molecule has 5 nitrogen and oxygen atoms in total. The quantitative estimate of drug-likeness (QED) is 0.550. The molecule has 16 heavy (non-hydrogen) atoms. The Hall–Kier alpha value is -1.69. The SMILES string of the molecule is Nc1ccc2c(c1)N(C(=O)CS)C(=O)CO2. The van der Waals surface area contributed by atoms with Crippen molar-refractivity contribution in [3.63, 3.8) is 0 Å². The van der Waals surface area contributed by atoms with Crippen molar-refractivity contribution in [2.75, 3.05) is 23.0 Å². The Morgan fingerprint density at radius 2 is 2.31 bits per heavy atom. The molecule has 0 aromatic heterocycles. The van der Waals surface area contributed by atoms with Gasteiger partial charge < -0.3 is 10.5 Å². The average molecular weight is 238 g/mol. The molecule has 0 aliphatic carbocycles. The van der Waals surface area contributed by atoms with Gasteiger partial charge in [-0.3, -0.25) is 9.59 Å². The summed E-state index contributed by atoms with van der Waals surface area (Å²) in [5.41, 5.74) is 6.46. The fraction of sp³-hybridized carbons (Fsp3) is 0.200. The number of hydrogen-bond acceptors (Lipinski definition) is 5. The highest BCUT2D eigenvalue weighted by Crippen LogP contribution is 2.33. The smallest absolute Gasteiger partial charge is 0.271 e. The summed E-state index contributed by atoms with van der Waals surface area (Å²) < 4.78 is 5.19. The van der Waals surface area contributed by atoms with Gasteiger partial charge in [-0.15, -0.1) is 0 Å². The molecule has 1 aromatic rings. The maximum Gasteiger partial charge on any atom is 0.271 e. The number of ether oxygens (including phenoxy) is 1. The predicted octanol–water partition coefficient (Wildman–Crippen LogP) is 0.451. The highest BCUT2D eigenvalue weighted by Gasteiger charge is 2.30. The van der Waals surface area contributed by atoms with Crippen molar-refractivity contribution in [2.24, 2.45) is 0 Å². The third kappa shape index (κ3) is 1.71. The first-order chi connectivity index (χ1) is 7.63. The summed E-state index contributed by atoms with van der Waals surface area (Å²) in [6, 6.07) is 4.82. The molecule has 2 amide bonds. The van der Waals surface area contributed by atoms with E-state index in [2.05, 4.69) is 12.6 Å². The van der Waals surface area contributed by atoms with Gasteiger partial charge in [-0.1, -0.05) is 0 Å². The minimum absolute atomic E-state index is 0.0417. The molecule has 1 aromatic carbocycles. The van der Waals surface area contributed by atoms with Crippen LogP contribution in [0.1, 0.15) is 0 Å². The first kappa shape index (κ1) is 10.8. The highest BCUT2D eigenvalue weighted by molar-refractivity contribution is 7.81. The van der Waals surface area contributed by atoms with Gasteiger partial charge in [-0.05, 0) is 18.2 Å². The highest BCUT2D eigenvalue weighted by atomic mass is 32.1. The number of rotatable bonds is 1. The fourth-order valence-corrected chi connectivity index (χ4v) is 1.66. The minimum Gasteiger partial charge on any atom is -0.482 e. The summed E-state index contributed by atoms with van der Waals surface area (Å²) in [4.78, 5) is 24.2. The normalized spacial score (nSPS) is 14.3. The molecule has 0 atom stereocenters. The number of carbonyl (C=O) groups excluding carboxylic acids is 2.